The van der Waals surface area contributed by atoms with Crippen molar-refractivity contribution in [2.45, 2.75) is 32.9 Å². The standard InChI is InChI=1S/C25H28N4O2/c1-2-29-22-11-7-6-10-21(22)27-23(29)18-26-25(31)20-14-16-28(17-15-20)24(30)13-12-19-8-4-3-5-9-19/h3-13,20H,2,14-18H2,1H3,(H,26,31)/b13-12+. The molecular weight excluding hydrogens is 388 g/mol. The molecule has 1 fully saturated rings. The first-order chi connectivity index (χ1) is 15.2. The molecule has 160 valence electrons. The molecule has 2 amide bonds. The third-order valence-electron chi connectivity index (χ3n) is 5.87. The average molecular weight is 417 g/mol. The number of carbonyl (C=O) groups is 2. The van der Waals surface area contributed by atoms with Crippen LogP contribution >= 0.6 is 0 Å². The maximum atomic E-state index is 12.7. The van der Waals surface area contributed by atoms with E-state index < -0.39 is 0 Å². The number of amides is 2. The minimum absolute atomic E-state index is 0.000579. The lowest BCUT2D eigenvalue weighted by Gasteiger charge is -2.30. The number of hydrogen-bond acceptors (Lipinski definition) is 3. The summed E-state index contributed by atoms with van der Waals surface area (Å²) in [4.78, 5) is 31.6. The predicted molar refractivity (Wildman–Crippen MR) is 122 cm³/mol. The number of nitrogens with zero attached hydrogens (tertiary/aromatic N) is 3. The zero-order valence-electron chi connectivity index (χ0n) is 17.8. The molecule has 1 aliphatic heterocycles. The van der Waals surface area contributed by atoms with E-state index in [1.807, 2.05) is 59.5 Å². The Morgan fingerprint density at radius 1 is 1.06 bits per heavy atom. The van der Waals surface area contributed by atoms with Crippen LogP contribution in [0, 0.1) is 5.92 Å². The van der Waals surface area contributed by atoms with Gasteiger partial charge >= 0.3 is 0 Å². The summed E-state index contributed by atoms with van der Waals surface area (Å²) in [6, 6.07) is 17.8. The van der Waals surface area contributed by atoms with E-state index in [2.05, 4.69) is 27.9 Å². The van der Waals surface area contributed by atoms with Gasteiger partial charge < -0.3 is 14.8 Å². The number of aryl methyl sites for hydroxylation is 1. The molecule has 1 aromatic heterocycles. The first-order valence-corrected chi connectivity index (χ1v) is 10.9. The largest absolute Gasteiger partial charge is 0.349 e. The summed E-state index contributed by atoms with van der Waals surface area (Å²) in [5, 5.41) is 3.06. The summed E-state index contributed by atoms with van der Waals surface area (Å²) in [5.41, 5.74) is 3.04. The lowest BCUT2D eigenvalue weighted by atomic mass is 9.96. The molecule has 0 saturated carbocycles. The second kappa shape index (κ2) is 9.60. The fourth-order valence-corrected chi connectivity index (χ4v) is 4.12. The van der Waals surface area contributed by atoms with Gasteiger partial charge in [-0.2, -0.15) is 0 Å². The number of benzene rings is 2. The molecule has 0 spiro atoms. The number of fused-ring (bicyclic) bond motifs is 1. The van der Waals surface area contributed by atoms with Crippen molar-refractivity contribution in [2.75, 3.05) is 13.1 Å². The number of rotatable bonds is 6. The molecule has 1 saturated heterocycles. The topological polar surface area (TPSA) is 67.2 Å². The minimum Gasteiger partial charge on any atom is -0.349 e. The molecule has 4 rings (SSSR count). The van der Waals surface area contributed by atoms with Crippen LogP contribution in [0.2, 0.25) is 0 Å². The first kappa shape index (κ1) is 20.8. The van der Waals surface area contributed by atoms with Crippen molar-refractivity contribution in [1.29, 1.82) is 0 Å². The smallest absolute Gasteiger partial charge is 0.246 e. The van der Waals surface area contributed by atoms with Crippen molar-refractivity contribution in [1.82, 2.24) is 19.8 Å². The van der Waals surface area contributed by atoms with Crippen LogP contribution in [0.25, 0.3) is 17.1 Å². The van der Waals surface area contributed by atoms with Gasteiger partial charge in [0.1, 0.15) is 5.82 Å². The van der Waals surface area contributed by atoms with E-state index in [4.69, 9.17) is 0 Å². The van der Waals surface area contributed by atoms with Crippen LogP contribution in [0.3, 0.4) is 0 Å². The summed E-state index contributed by atoms with van der Waals surface area (Å²) in [7, 11) is 0. The van der Waals surface area contributed by atoms with Crippen LogP contribution in [0.5, 0.6) is 0 Å². The van der Waals surface area contributed by atoms with Gasteiger partial charge in [0, 0.05) is 31.6 Å². The van der Waals surface area contributed by atoms with Crippen molar-refractivity contribution >= 4 is 28.9 Å². The molecule has 31 heavy (non-hydrogen) atoms. The number of para-hydroxylation sites is 2. The fraction of sp³-hybridized carbons (Fsp3) is 0.320. The van der Waals surface area contributed by atoms with E-state index in [1.165, 1.54) is 0 Å². The Hall–Kier alpha value is -3.41. The number of carbonyl (C=O) groups excluding carboxylic acids is 2. The predicted octanol–water partition coefficient (Wildman–Crippen LogP) is 3.62. The zero-order chi connectivity index (χ0) is 21.6. The highest BCUT2D eigenvalue weighted by molar-refractivity contribution is 5.92. The highest BCUT2D eigenvalue weighted by Gasteiger charge is 2.26. The van der Waals surface area contributed by atoms with Crippen LogP contribution in [-0.2, 0) is 22.7 Å². The lowest BCUT2D eigenvalue weighted by Crippen LogP contribution is -2.42. The Morgan fingerprint density at radius 3 is 2.52 bits per heavy atom. The molecule has 2 aromatic carbocycles. The summed E-state index contributed by atoms with van der Waals surface area (Å²) >= 11 is 0. The first-order valence-electron chi connectivity index (χ1n) is 10.9. The van der Waals surface area contributed by atoms with Gasteiger partial charge in [0.05, 0.1) is 17.6 Å². The summed E-state index contributed by atoms with van der Waals surface area (Å²) in [6.07, 6.45) is 4.81. The Balaban J connectivity index is 1.29. The fourth-order valence-electron chi connectivity index (χ4n) is 4.12. The minimum atomic E-state index is -0.0680. The normalized spacial score (nSPS) is 14.9. The van der Waals surface area contributed by atoms with E-state index in [9.17, 15) is 9.59 Å². The second-order valence-electron chi connectivity index (χ2n) is 7.82. The third kappa shape index (κ3) is 4.85. The molecule has 6 nitrogen and oxygen atoms in total. The quantitative estimate of drug-likeness (QED) is 0.624. The van der Waals surface area contributed by atoms with Gasteiger partial charge in [0.25, 0.3) is 0 Å². The van der Waals surface area contributed by atoms with Gasteiger partial charge in [-0.15, -0.1) is 0 Å². The van der Waals surface area contributed by atoms with E-state index in [-0.39, 0.29) is 17.7 Å². The van der Waals surface area contributed by atoms with Crippen molar-refractivity contribution in [3.63, 3.8) is 0 Å². The van der Waals surface area contributed by atoms with E-state index in [1.54, 1.807) is 6.08 Å². The third-order valence-corrected chi connectivity index (χ3v) is 5.87. The second-order valence-corrected chi connectivity index (χ2v) is 7.82. The molecule has 1 N–H and O–H groups in total. The van der Waals surface area contributed by atoms with Crippen molar-refractivity contribution in [3.05, 3.63) is 72.1 Å². The molecule has 0 unspecified atom stereocenters. The molecule has 0 aliphatic carbocycles. The van der Waals surface area contributed by atoms with Crippen LogP contribution in [0.4, 0.5) is 0 Å². The van der Waals surface area contributed by atoms with Crippen LogP contribution in [0.1, 0.15) is 31.2 Å². The van der Waals surface area contributed by atoms with Gasteiger partial charge in [0.15, 0.2) is 0 Å². The van der Waals surface area contributed by atoms with Gasteiger partial charge in [-0.3, -0.25) is 9.59 Å². The summed E-state index contributed by atoms with van der Waals surface area (Å²) in [6.45, 7) is 4.51. The van der Waals surface area contributed by atoms with Crippen molar-refractivity contribution in [2.24, 2.45) is 5.92 Å². The highest BCUT2D eigenvalue weighted by atomic mass is 16.2. The molecule has 0 bridgehead atoms. The molecular formula is C25H28N4O2. The Morgan fingerprint density at radius 2 is 1.77 bits per heavy atom. The number of piperidine rings is 1. The van der Waals surface area contributed by atoms with Gasteiger partial charge in [-0.25, -0.2) is 4.98 Å². The molecule has 0 atom stereocenters. The average Bonchev–Trinajstić information content (AvgIpc) is 3.19. The van der Waals surface area contributed by atoms with Gasteiger partial charge in [0.2, 0.25) is 11.8 Å². The molecule has 6 heteroatoms. The van der Waals surface area contributed by atoms with Gasteiger partial charge in [-0.05, 0) is 43.5 Å². The Labute approximate surface area is 182 Å². The van der Waals surface area contributed by atoms with Crippen LogP contribution in [0.15, 0.2) is 60.7 Å². The Bertz CT molecular complexity index is 1080. The lowest BCUT2D eigenvalue weighted by molar-refractivity contribution is -0.132. The molecule has 0 radical (unpaired) electrons. The number of aromatic nitrogens is 2. The molecule has 3 aromatic rings. The monoisotopic (exact) mass is 416 g/mol. The van der Waals surface area contributed by atoms with Crippen molar-refractivity contribution < 1.29 is 9.59 Å². The summed E-state index contributed by atoms with van der Waals surface area (Å²) in [5.74, 6) is 0.846. The van der Waals surface area contributed by atoms with Crippen LogP contribution in [-0.4, -0.2) is 39.4 Å². The summed E-state index contributed by atoms with van der Waals surface area (Å²) < 4.78 is 2.13. The van der Waals surface area contributed by atoms with E-state index in [0.29, 0.717) is 32.5 Å². The van der Waals surface area contributed by atoms with Crippen LogP contribution < -0.4 is 5.32 Å². The van der Waals surface area contributed by atoms with E-state index >= 15 is 0 Å². The highest BCUT2D eigenvalue weighted by Crippen LogP contribution is 2.19. The number of hydrogen-bond donors (Lipinski definition) is 1. The number of imidazole rings is 1. The molecule has 2 heterocycles. The SMILES string of the molecule is CCn1c(CNC(=O)C2CCN(C(=O)/C=C/c3ccccc3)CC2)nc2ccccc21. The maximum absolute atomic E-state index is 12.7. The number of likely N-dealkylation sites (tertiary alicyclic amines) is 1. The molecule has 1 aliphatic rings. The van der Waals surface area contributed by atoms with Crippen molar-refractivity contribution in [3.8, 4) is 0 Å². The van der Waals surface area contributed by atoms with E-state index in [0.717, 1.165) is 29.0 Å². The maximum Gasteiger partial charge on any atom is 0.246 e. The zero-order valence-corrected chi connectivity index (χ0v) is 17.8. The van der Waals surface area contributed by atoms with Gasteiger partial charge in [-0.1, -0.05) is 42.5 Å². The number of nitrogens with one attached hydrogen (secondary N) is 1. The Kier molecular flexibility index (Phi) is 6.46.